The number of hydrogen-bond acceptors (Lipinski definition) is 2. The summed E-state index contributed by atoms with van der Waals surface area (Å²) >= 11 is 0. The zero-order valence-corrected chi connectivity index (χ0v) is 14.5. The lowest BCUT2D eigenvalue weighted by Crippen LogP contribution is -2.45. The zero-order chi connectivity index (χ0) is 18.1. The predicted octanol–water partition coefficient (Wildman–Crippen LogP) is 3.30. The van der Waals surface area contributed by atoms with Crippen LogP contribution in [-0.4, -0.2) is 41.2 Å². The first-order chi connectivity index (χ1) is 12.6. The number of carbonyl (C=O) groups is 2. The Balaban J connectivity index is 1.43. The van der Waals surface area contributed by atoms with Crippen LogP contribution in [-0.2, 0) is 9.59 Å². The Morgan fingerprint density at radius 3 is 2.81 bits per heavy atom. The van der Waals surface area contributed by atoms with Gasteiger partial charge in [0.2, 0.25) is 11.8 Å². The van der Waals surface area contributed by atoms with Crippen LogP contribution in [0.15, 0.2) is 65.7 Å². The lowest BCUT2D eigenvalue weighted by Gasteiger charge is -2.32. The first kappa shape index (κ1) is 16.8. The minimum atomic E-state index is -0.247. The van der Waals surface area contributed by atoms with Gasteiger partial charge in [0.1, 0.15) is 12.4 Å². The molecule has 1 aromatic rings. The van der Waals surface area contributed by atoms with Crippen LogP contribution in [0.5, 0.6) is 0 Å². The van der Waals surface area contributed by atoms with Crippen molar-refractivity contribution in [2.75, 3.05) is 19.6 Å². The second kappa shape index (κ2) is 6.90. The number of rotatable bonds is 3. The molecule has 1 atom stereocenters. The summed E-state index contributed by atoms with van der Waals surface area (Å²) in [6.07, 6.45) is 7.02. The fraction of sp³-hybridized carbons (Fsp3) is 0.333. The van der Waals surface area contributed by atoms with E-state index < -0.39 is 0 Å². The molecule has 0 saturated carbocycles. The van der Waals surface area contributed by atoms with Gasteiger partial charge in [0, 0.05) is 12.7 Å². The minimum absolute atomic E-state index is 0.0204. The monoisotopic (exact) mass is 352 g/mol. The molecular weight excluding hydrogens is 331 g/mol. The van der Waals surface area contributed by atoms with Crippen LogP contribution in [0.25, 0.3) is 0 Å². The summed E-state index contributed by atoms with van der Waals surface area (Å²) in [6, 6.07) is 9.75. The highest BCUT2D eigenvalue weighted by atomic mass is 19.1. The van der Waals surface area contributed by atoms with E-state index in [0.29, 0.717) is 19.5 Å². The van der Waals surface area contributed by atoms with Gasteiger partial charge in [-0.15, -0.1) is 0 Å². The van der Waals surface area contributed by atoms with Gasteiger partial charge in [0.15, 0.2) is 0 Å². The van der Waals surface area contributed by atoms with E-state index in [1.807, 2.05) is 30.3 Å². The zero-order valence-electron chi connectivity index (χ0n) is 14.5. The van der Waals surface area contributed by atoms with Crippen molar-refractivity contribution in [2.45, 2.75) is 25.2 Å². The van der Waals surface area contributed by atoms with E-state index in [1.165, 1.54) is 12.2 Å². The van der Waals surface area contributed by atoms with Gasteiger partial charge >= 0.3 is 0 Å². The van der Waals surface area contributed by atoms with Gasteiger partial charge < -0.3 is 9.80 Å². The van der Waals surface area contributed by atoms with Gasteiger partial charge in [-0.25, -0.2) is 4.39 Å². The molecule has 0 spiro atoms. The topological polar surface area (TPSA) is 40.6 Å². The predicted molar refractivity (Wildman–Crippen MR) is 96.7 cm³/mol. The molecule has 2 aliphatic heterocycles. The molecule has 134 valence electrons. The fourth-order valence-electron chi connectivity index (χ4n) is 3.86. The SMILES string of the molecule is O=C(CN1CCCC(c2ccccc2)C1=O)N1C=C2CC=C(F)C=C2C1. The molecule has 2 heterocycles. The van der Waals surface area contributed by atoms with Crippen molar-refractivity contribution in [2.24, 2.45) is 0 Å². The Hall–Kier alpha value is -2.69. The maximum Gasteiger partial charge on any atom is 0.246 e. The molecule has 4 rings (SSSR count). The van der Waals surface area contributed by atoms with Crippen LogP contribution in [0.4, 0.5) is 4.39 Å². The number of fused-ring (bicyclic) bond motifs is 1. The third-order valence-electron chi connectivity index (χ3n) is 5.27. The Kier molecular flexibility index (Phi) is 4.45. The number of likely N-dealkylation sites (tertiary alicyclic amines) is 1. The average molecular weight is 352 g/mol. The molecular formula is C21H21FN2O2. The normalized spacial score (nSPS) is 22.6. The van der Waals surface area contributed by atoms with E-state index in [4.69, 9.17) is 0 Å². The van der Waals surface area contributed by atoms with E-state index in [9.17, 15) is 14.0 Å². The molecule has 2 amide bonds. The van der Waals surface area contributed by atoms with Crippen molar-refractivity contribution in [3.8, 4) is 0 Å². The maximum atomic E-state index is 13.4. The number of piperidine rings is 1. The van der Waals surface area contributed by atoms with Crippen molar-refractivity contribution < 1.29 is 14.0 Å². The highest BCUT2D eigenvalue weighted by Crippen LogP contribution is 2.31. The molecule has 1 fully saturated rings. The van der Waals surface area contributed by atoms with E-state index in [1.54, 1.807) is 16.0 Å². The van der Waals surface area contributed by atoms with Crippen LogP contribution < -0.4 is 0 Å². The fourth-order valence-corrected chi connectivity index (χ4v) is 3.86. The summed E-state index contributed by atoms with van der Waals surface area (Å²) in [4.78, 5) is 28.8. The highest BCUT2D eigenvalue weighted by molar-refractivity contribution is 5.90. The van der Waals surface area contributed by atoms with Gasteiger partial charge in [-0.05, 0) is 48.1 Å². The molecule has 3 aliphatic rings. The minimum Gasteiger partial charge on any atom is -0.333 e. The van der Waals surface area contributed by atoms with Crippen molar-refractivity contribution in [1.29, 1.82) is 0 Å². The van der Waals surface area contributed by atoms with Gasteiger partial charge in [-0.2, -0.15) is 0 Å². The number of nitrogens with zero attached hydrogens (tertiary/aromatic N) is 2. The molecule has 1 aromatic carbocycles. The molecule has 26 heavy (non-hydrogen) atoms. The van der Waals surface area contributed by atoms with E-state index in [0.717, 1.165) is 29.6 Å². The average Bonchev–Trinajstić information content (AvgIpc) is 3.07. The third kappa shape index (κ3) is 3.21. The van der Waals surface area contributed by atoms with Crippen molar-refractivity contribution in [3.05, 3.63) is 71.2 Å². The summed E-state index contributed by atoms with van der Waals surface area (Å²) in [6.45, 7) is 1.08. The van der Waals surface area contributed by atoms with Crippen molar-refractivity contribution >= 4 is 11.8 Å². The lowest BCUT2D eigenvalue weighted by molar-refractivity contribution is -0.141. The van der Waals surface area contributed by atoms with E-state index >= 15 is 0 Å². The van der Waals surface area contributed by atoms with Crippen LogP contribution in [0.2, 0.25) is 0 Å². The number of allylic oxidation sites excluding steroid dienone is 3. The number of amides is 2. The molecule has 1 unspecified atom stereocenters. The standard InChI is InChI=1S/C21H21FN2O2/c22-18-9-8-16-12-24(13-17(16)11-18)20(25)14-23-10-4-7-19(21(23)26)15-5-2-1-3-6-15/h1-3,5-6,9,11-12,19H,4,7-8,10,13-14H2. The van der Waals surface area contributed by atoms with Crippen LogP contribution in [0.3, 0.4) is 0 Å². The largest absolute Gasteiger partial charge is 0.333 e. The van der Waals surface area contributed by atoms with Crippen LogP contribution in [0.1, 0.15) is 30.7 Å². The van der Waals surface area contributed by atoms with Crippen molar-refractivity contribution in [1.82, 2.24) is 9.80 Å². The summed E-state index contributed by atoms with van der Waals surface area (Å²) < 4.78 is 13.4. The maximum absolute atomic E-state index is 13.4. The number of benzene rings is 1. The van der Waals surface area contributed by atoms with Crippen LogP contribution >= 0.6 is 0 Å². The lowest BCUT2D eigenvalue weighted by atomic mass is 9.90. The molecule has 5 heteroatoms. The Bertz CT molecular complexity index is 826. The van der Waals surface area contributed by atoms with Crippen molar-refractivity contribution in [3.63, 3.8) is 0 Å². The van der Waals surface area contributed by atoms with Gasteiger partial charge in [-0.3, -0.25) is 9.59 Å². The van der Waals surface area contributed by atoms with Gasteiger partial charge in [-0.1, -0.05) is 30.3 Å². The number of carbonyl (C=O) groups excluding carboxylic acids is 2. The Labute approximate surface area is 152 Å². The smallest absolute Gasteiger partial charge is 0.246 e. The summed E-state index contributed by atoms with van der Waals surface area (Å²) in [5, 5.41) is 0. The second-order valence-corrected chi connectivity index (χ2v) is 7.00. The molecule has 0 N–H and O–H groups in total. The molecule has 0 aromatic heterocycles. The van der Waals surface area contributed by atoms with E-state index in [-0.39, 0.29) is 30.1 Å². The summed E-state index contributed by atoms with van der Waals surface area (Å²) in [5.41, 5.74) is 2.84. The number of halogens is 1. The first-order valence-electron chi connectivity index (χ1n) is 9.02. The molecule has 4 nitrogen and oxygen atoms in total. The van der Waals surface area contributed by atoms with E-state index in [2.05, 4.69) is 0 Å². The molecule has 0 bridgehead atoms. The molecule has 0 radical (unpaired) electrons. The second-order valence-electron chi connectivity index (χ2n) is 7.00. The quantitative estimate of drug-likeness (QED) is 0.837. The summed E-state index contributed by atoms with van der Waals surface area (Å²) in [5.74, 6) is -0.510. The third-order valence-corrected chi connectivity index (χ3v) is 5.27. The molecule has 1 aliphatic carbocycles. The van der Waals surface area contributed by atoms with Crippen LogP contribution in [0, 0.1) is 0 Å². The Morgan fingerprint density at radius 2 is 2.00 bits per heavy atom. The summed E-state index contributed by atoms with van der Waals surface area (Å²) in [7, 11) is 0. The first-order valence-corrected chi connectivity index (χ1v) is 9.02. The van der Waals surface area contributed by atoms with Gasteiger partial charge in [0.25, 0.3) is 0 Å². The van der Waals surface area contributed by atoms with Gasteiger partial charge in [0.05, 0.1) is 12.5 Å². The Morgan fingerprint density at radius 1 is 1.19 bits per heavy atom. The highest BCUT2D eigenvalue weighted by Gasteiger charge is 2.33. The molecule has 1 saturated heterocycles. The number of hydrogen-bond donors (Lipinski definition) is 0.